The van der Waals surface area contributed by atoms with Crippen LogP contribution in [-0.2, 0) is 16.0 Å². The van der Waals surface area contributed by atoms with Crippen molar-refractivity contribution in [3.8, 4) is 11.3 Å². The number of nitrogens with zero attached hydrogens (tertiary/aromatic N) is 1. The minimum absolute atomic E-state index is 0.154. The van der Waals surface area contributed by atoms with E-state index in [2.05, 4.69) is 15.0 Å². The lowest BCUT2D eigenvalue weighted by Crippen LogP contribution is -2.15. The zero-order valence-corrected chi connectivity index (χ0v) is 15.6. The Morgan fingerprint density at radius 2 is 1.93 bits per heavy atom. The molecule has 0 aliphatic heterocycles. The van der Waals surface area contributed by atoms with Crippen LogP contribution in [0.2, 0.25) is 0 Å². The van der Waals surface area contributed by atoms with Crippen molar-refractivity contribution in [1.82, 2.24) is 4.98 Å². The fourth-order valence-electron chi connectivity index (χ4n) is 2.55. The van der Waals surface area contributed by atoms with Crippen molar-refractivity contribution >= 4 is 28.9 Å². The van der Waals surface area contributed by atoms with Crippen LogP contribution in [0.4, 0.5) is 10.1 Å². The Morgan fingerprint density at radius 1 is 1.19 bits per heavy atom. The minimum Gasteiger partial charge on any atom is -0.465 e. The van der Waals surface area contributed by atoms with Gasteiger partial charge in [-0.15, -0.1) is 11.3 Å². The molecule has 0 fully saturated rings. The maximum atomic E-state index is 13.7. The molecule has 0 aliphatic carbocycles. The third-order valence-corrected chi connectivity index (χ3v) is 4.66. The van der Waals surface area contributed by atoms with Crippen molar-refractivity contribution in [2.24, 2.45) is 0 Å². The SMILES string of the molecule is COC(=O)c1cc(NC(=O)Cc2ccc(-c3csc(C)n3)cc2)ccc1F. The summed E-state index contributed by atoms with van der Waals surface area (Å²) in [5.74, 6) is -1.76. The average molecular weight is 384 g/mol. The summed E-state index contributed by atoms with van der Waals surface area (Å²) in [6, 6.07) is 11.4. The molecule has 3 aromatic rings. The molecule has 1 N–H and O–H groups in total. The second kappa shape index (κ2) is 8.09. The van der Waals surface area contributed by atoms with Gasteiger partial charge in [0, 0.05) is 16.6 Å². The number of rotatable bonds is 5. The molecule has 5 nitrogen and oxygen atoms in total. The number of anilines is 1. The van der Waals surface area contributed by atoms with Crippen LogP contribution in [0.15, 0.2) is 47.8 Å². The number of methoxy groups -OCH3 is 1. The van der Waals surface area contributed by atoms with Crippen LogP contribution in [0.5, 0.6) is 0 Å². The fourth-order valence-corrected chi connectivity index (χ4v) is 3.17. The summed E-state index contributed by atoms with van der Waals surface area (Å²) >= 11 is 1.59. The van der Waals surface area contributed by atoms with Gasteiger partial charge in [-0.25, -0.2) is 14.2 Å². The molecule has 0 atom stereocenters. The number of hydrogen-bond donors (Lipinski definition) is 1. The molecule has 0 bridgehead atoms. The molecule has 0 spiro atoms. The first-order valence-electron chi connectivity index (χ1n) is 8.15. The van der Waals surface area contributed by atoms with E-state index in [1.165, 1.54) is 19.2 Å². The lowest BCUT2D eigenvalue weighted by atomic mass is 10.1. The van der Waals surface area contributed by atoms with Gasteiger partial charge < -0.3 is 10.1 Å². The monoisotopic (exact) mass is 384 g/mol. The van der Waals surface area contributed by atoms with Gasteiger partial charge in [0.25, 0.3) is 0 Å². The molecule has 7 heteroatoms. The van der Waals surface area contributed by atoms with Crippen LogP contribution in [0.1, 0.15) is 20.9 Å². The van der Waals surface area contributed by atoms with E-state index in [1.807, 2.05) is 36.6 Å². The van der Waals surface area contributed by atoms with E-state index in [0.717, 1.165) is 27.9 Å². The Hall–Kier alpha value is -3.06. The van der Waals surface area contributed by atoms with Crippen LogP contribution in [0.3, 0.4) is 0 Å². The molecule has 0 unspecified atom stereocenters. The predicted molar refractivity (Wildman–Crippen MR) is 102 cm³/mol. The summed E-state index contributed by atoms with van der Waals surface area (Å²) in [4.78, 5) is 28.2. The number of halogens is 1. The molecule has 138 valence electrons. The number of carbonyl (C=O) groups is 2. The first-order valence-corrected chi connectivity index (χ1v) is 9.03. The van der Waals surface area contributed by atoms with Crippen molar-refractivity contribution in [2.75, 3.05) is 12.4 Å². The molecule has 0 aliphatic rings. The smallest absolute Gasteiger partial charge is 0.340 e. The topological polar surface area (TPSA) is 68.3 Å². The normalized spacial score (nSPS) is 10.5. The first-order chi connectivity index (χ1) is 13.0. The molecule has 2 aromatic carbocycles. The van der Waals surface area contributed by atoms with E-state index in [1.54, 1.807) is 11.3 Å². The average Bonchev–Trinajstić information content (AvgIpc) is 3.09. The summed E-state index contributed by atoms with van der Waals surface area (Å²) in [5.41, 5.74) is 2.84. The van der Waals surface area contributed by atoms with Gasteiger partial charge in [-0.3, -0.25) is 4.79 Å². The van der Waals surface area contributed by atoms with Crippen molar-refractivity contribution in [2.45, 2.75) is 13.3 Å². The quantitative estimate of drug-likeness (QED) is 0.669. The van der Waals surface area contributed by atoms with Crippen molar-refractivity contribution < 1.29 is 18.7 Å². The van der Waals surface area contributed by atoms with Gasteiger partial charge in [-0.2, -0.15) is 0 Å². The number of amides is 1. The van der Waals surface area contributed by atoms with E-state index < -0.39 is 11.8 Å². The predicted octanol–water partition coefficient (Wildman–Crippen LogP) is 4.23. The summed E-state index contributed by atoms with van der Waals surface area (Å²) < 4.78 is 18.2. The van der Waals surface area contributed by atoms with Gasteiger partial charge in [-0.05, 0) is 30.7 Å². The Kier molecular flexibility index (Phi) is 5.61. The van der Waals surface area contributed by atoms with Crippen molar-refractivity contribution in [3.63, 3.8) is 0 Å². The van der Waals surface area contributed by atoms with E-state index in [-0.39, 0.29) is 17.9 Å². The third-order valence-electron chi connectivity index (χ3n) is 3.89. The first kappa shape index (κ1) is 18.7. The molecule has 0 radical (unpaired) electrons. The minimum atomic E-state index is -0.795. The number of aryl methyl sites for hydroxylation is 1. The van der Waals surface area contributed by atoms with Gasteiger partial charge in [0.05, 0.1) is 29.8 Å². The fraction of sp³-hybridized carbons (Fsp3) is 0.150. The van der Waals surface area contributed by atoms with E-state index in [0.29, 0.717) is 5.69 Å². The highest BCUT2D eigenvalue weighted by molar-refractivity contribution is 7.09. The number of aromatic nitrogens is 1. The zero-order valence-electron chi connectivity index (χ0n) is 14.8. The number of benzene rings is 2. The third kappa shape index (κ3) is 4.57. The van der Waals surface area contributed by atoms with Crippen LogP contribution < -0.4 is 5.32 Å². The van der Waals surface area contributed by atoms with Crippen LogP contribution >= 0.6 is 11.3 Å². The maximum Gasteiger partial charge on any atom is 0.340 e. The molecule has 1 amide bonds. The van der Waals surface area contributed by atoms with E-state index >= 15 is 0 Å². The molecule has 3 rings (SSSR count). The van der Waals surface area contributed by atoms with Crippen molar-refractivity contribution in [1.29, 1.82) is 0 Å². The molecular weight excluding hydrogens is 367 g/mol. The number of thiazole rings is 1. The summed E-state index contributed by atoms with van der Waals surface area (Å²) in [5, 5.41) is 5.65. The Bertz CT molecular complexity index is 983. The second-order valence-electron chi connectivity index (χ2n) is 5.86. The highest BCUT2D eigenvalue weighted by atomic mass is 32.1. The van der Waals surface area contributed by atoms with Crippen LogP contribution in [-0.4, -0.2) is 24.0 Å². The molecule has 1 aromatic heterocycles. The number of ether oxygens (including phenoxy) is 1. The summed E-state index contributed by atoms with van der Waals surface area (Å²) in [7, 11) is 1.17. The van der Waals surface area contributed by atoms with Crippen LogP contribution in [0.25, 0.3) is 11.3 Å². The Morgan fingerprint density at radius 3 is 2.56 bits per heavy atom. The molecule has 1 heterocycles. The van der Waals surface area contributed by atoms with Crippen molar-refractivity contribution in [3.05, 3.63) is 69.8 Å². The van der Waals surface area contributed by atoms with E-state index in [4.69, 9.17) is 0 Å². The standard InChI is InChI=1S/C20H17FN2O3S/c1-12-22-18(11-27-12)14-5-3-13(4-6-14)9-19(24)23-15-7-8-17(21)16(10-15)20(25)26-2/h3-8,10-11H,9H2,1-2H3,(H,23,24). The largest absolute Gasteiger partial charge is 0.465 e. The zero-order chi connectivity index (χ0) is 19.4. The number of hydrogen-bond acceptors (Lipinski definition) is 5. The van der Waals surface area contributed by atoms with Crippen LogP contribution in [0, 0.1) is 12.7 Å². The molecule has 27 heavy (non-hydrogen) atoms. The number of nitrogens with one attached hydrogen (secondary N) is 1. The van der Waals surface area contributed by atoms with Gasteiger partial charge in [0.15, 0.2) is 0 Å². The second-order valence-corrected chi connectivity index (χ2v) is 6.92. The molecule has 0 saturated carbocycles. The van der Waals surface area contributed by atoms with Gasteiger partial charge >= 0.3 is 5.97 Å². The highest BCUT2D eigenvalue weighted by Crippen LogP contribution is 2.22. The number of carbonyl (C=O) groups excluding carboxylic acids is 2. The lowest BCUT2D eigenvalue weighted by Gasteiger charge is -2.08. The molecular formula is C20H17FN2O3S. The Balaban J connectivity index is 1.66. The lowest BCUT2D eigenvalue weighted by molar-refractivity contribution is -0.115. The molecule has 0 saturated heterocycles. The van der Waals surface area contributed by atoms with Gasteiger partial charge in [0.1, 0.15) is 5.82 Å². The summed E-state index contributed by atoms with van der Waals surface area (Å²) in [6.07, 6.45) is 0.154. The maximum absolute atomic E-state index is 13.7. The summed E-state index contributed by atoms with van der Waals surface area (Å²) in [6.45, 7) is 1.95. The highest BCUT2D eigenvalue weighted by Gasteiger charge is 2.14. The van der Waals surface area contributed by atoms with Gasteiger partial charge in [-0.1, -0.05) is 24.3 Å². The van der Waals surface area contributed by atoms with Gasteiger partial charge in [0.2, 0.25) is 5.91 Å². The number of esters is 1. The Labute approximate surface area is 159 Å². The van der Waals surface area contributed by atoms with E-state index in [9.17, 15) is 14.0 Å².